The maximum atomic E-state index is 9.72. The van der Waals surface area contributed by atoms with Crippen molar-refractivity contribution >= 4 is 5.69 Å². The van der Waals surface area contributed by atoms with Gasteiger partial charge in [-0.05, 0) is 50.2 Å². The average molecular weight is 233 g/mol. The second-order valence-corrected chi connectivity index (χ2v) is 5.56. The van der Waals surface area contributed by atoms with E-state index in [1.807, 2.05) is 6.07 Å². The van der Waals surface area contributed by atoms with Crippen LogP contribution in [0.1, 0.15) is 38.2 Å². The van der Waals surface area contributed by atoms with Gasteiger partial charge in [0.1, 0.15) is 0 Å². The molecule has 0 radical (unpaired) electrons. The molecule has 2 nitrogen and oxygen atoms in total. The topological polar surface area (TPSA) is 32.3 Å². The highest BCUT2D eigenvalue weighted by Crippen LogP contribution is 2.34. The van der Waals surface area contributed by atoms with E-state index in [0.717, 1.165) is 24.4 Å². The fourth-order valence-electron chi connectivity index (χ4n) is 2.64. The summed E-state index contributed by atoms with van der Waals surface area (Å²) in [5, 5.41) is 13.3. The molecule has 0 bridgehead atoms. The Morgan fingerprint density at radius 2 is 1.94 bits per heavy atom. The Morgan fingerprint density at radius 1 is 1.29 bits per heavy atom. The Balaban J connectivity index is 2.12. The number of hydrogen-bond donors (Lipinski definition) is 2. The fourth-order valence-corrected chi connectivity index (χ4v) is 2.64. The van der Waals surface area contributed by atoms with Gasteiger partial charge in [-0.15, -0.1) is 0 Å². The minimum atomic E-state index is -0.0986. The number of anilines is 1. The van der Waals surface area contributed by atoms with Crippen LogP contribution in [0.4, 0.5) is 5.69 Å². The van der Waals surface area contributed by atoms with Gasteiger partial charge >= 0.3 is 0 Å². The lowest BCUT2D eigenvalue weighted by molar-refractivity contribution is 0.155. The van der Waals surface area contributed by atoms with Crippen LogP contribution < -0.4 is 5.32 Å². The summed E-state index contributed by atoms with van der Waals surface area (Å²) >= 11 is 0. The van der Waals surface area contributed by atoms with Crippen LogP contribution in [0.2, 0.25) is 0 Å². The lowest BCUT2D eigenvalue weighted by Crippen LogP contribution is -2.45. The molecule has 0 amide bonds. The summed E-state index contributed by atoms with van der Waals surface area (Å²) in [7, 11) is 0. The summed E-state index contributed by atoms with van der Waals surface area (Å²) in [4.78, 5) is 0. The Morgan fingerprint density at radius 3 is 2.53 bits per heavy atom. The van der Waals surface area contributed by atoms with Crippen molar-refractivity contribution in [1.29, 1.82) is 0 Å². The Kier molecular flexibility index (Phi) is 3.72. The molecular formula is C15H23NO. The lowest BCUT2D eigenvalue weighted by atomic mass is 9.77. The third kappa shape index (κ3) is 2.81. The van der Waals surface area contributed by atoms with E-state index in [2.05, 4.69) is 37.4 Å². The summed E-state index contributed by atoms with van der Waals surface area (Å²) in [5.74, 6) is 0.799. The minimum absolute atomic E-state index is 0.0986. The van der Waals surface area contributed by atoms with E-state index in [4.69, 9.17) is 0 Å². The molecule has 0 atom stereocenters. The fraction of sp³-hybridized carbons (Fsp3) is 0.600. The second kappa shape index (κ2) is 5.09. The summed E-state index contributed by atoms with van der Waals surface area (Å²) in [6.07, 6.45) is 4.55. The van der Waals surface area contributed by atoms with E-state index in [1.165, 1.54) is 18.4 Å². The van der Waals surface area contributed by atoms with Crippen LogP contribution in [-0.2, 0) is 0 Å². The first-order chi connectivity index (χ1) is 8.15. The molecule has 17 heavy (non-hydrogen) atoms. The van der Waals surface area contributed by atoms with Crippen LogP contribution in [0.3, 0.4) is 0 Å². The van der Waals surface area contributed by atoms with Crippen LogP contribution in [0, 0.1) is 12.8 Å². The molecule has 0 aromatic heterocycles. The zero-order valence-corrected chi connectivity index (χ0v) is 10.9. The normalized spacial score (nSPS) is 29.0. The van der Waals surface area contributed by atoms with Crippen LogP contribution in [-0.4, -0.2) is 17.3 Å². The van der Waals surface area contributed by atoms with E-state index in [1.54, 1.807) is 0 Å². The molecule has 2 heteroatoms. The predicted molar refractivity (Wildman–Crippen MR) is 72.3 cm³/mol. The summed E-state index contributed by atoms with van der Waals surface area (Å²) in [5.41, 5.74) is 2.31. The summed E-state index contributed by atoms with van der Waals surface area (Å²) in [6.45, 7) is 4.64. The van der Waals surface area contributed by atoms with Gasteiger partial charge in [0.2, 0.25) is 0 Å². The maximum Gasteiger partial charge on any atom is 0.0661 e. The van der Waals surface area contributed by atoms with Crippen LogP contribution in [0.15, 0.2) is 24.3 Å². The molecule has 0 heterocycles. The van der Waals surface area contributed by atoms with Gasteiger partial charge in [-0.3, -0.25) is 0 Å². The predicted octanol–water partition coefficient (Wildman–Crippen LogP) is 3.35. The van der Waals surface area contributed by atoms with Gasteiger partial charge in [0.25, 0.3) is 0 Å². The number of benzene rings is 1. The molecule has 1 saturated carbocycles. The van der Waals surface area contributed by atoms with E-state index in [9.17, 15) is 5.11 Å². The molecule has 1 aromatic carbocycles. The number of aryl methyl sites for hydroxylation is 1. The molecule has 0 saturated heterocycles. The average Bonchev–Trinajstić information content (AvgIpc) is 2.35. The zero-order valence-electron chi connectivity index (χ0n) is 10.9. The van der Waals surface area contributed by atoms with Crippen molar-refractivity contribution in [2.24, 2.45) is 5.92 Å². The van der Waals surface area contributed by atoms with Crippen molar-refractivity contribution in [3.63, 3.8) is 0 Å². The van der Waals surface area contributed by atoms with Crippen LogP contribution in [0.25, 0.3) is 0 Å². The zero-order chi connectivity index (χ0) is 12.3. The third-order valence-electron chi connectivity index (χ3n) is 4.08. The van der Waals surface area contributed by atoms with Gasteiger partial charge in [-0.2, -0.15) is 0 Å². The van der Waals surface area contributed by atoms with Crippen molar-refractivity contribution in [2.45, 2.75) is 45.1 Å². The first-order valence-electron chi connectivity index (χ1n) is 6.60. The molecule has 1 aromatic rings. The molecule has 1 fully saturated rings. The van der Waals surface area contributed by atoms with Gasteiger partial charge in [-0.1, -0.05) is 25.1 Å². The third-order valence-corrected chi connectivity index (χ3v) is 4.08. The Bertz CT molecular complexity index is 367. The van der Waals surface area contributed by atoms with Gasteiger partial charge in [-0.25, -0.2) is 0 Å². The van der Waals surface area contributed by atoms with Gasteiger partial charge in [0.15, 0.2) is 0 Å². The number of aliphatic hydroxyl groups excluding tert-OH is 1. The van der Waals surface area contributed by atoms with Crippen molar-refractivity contribution < 1.29 is 5.11 Å². The standard InChI is InChI=1S/C15H23NO/c1-12-7-9-15(11-17,10-8-12)16-14-6-4-3-5-13(14)2/h3-6,12,16-17H,7-11H2,1-2H3. The number of nitrogens with one attached hydrogen (secondary N) is 1. The highest BCUT2D eigenvalue weighted by atomic mass is 16.3. The summed E-state index contributed by atoms with van der Waals surface area (Å²) < 4.78 is 0. The molecule has 94 valence electrons. The molecule has 0 spiro atoms. The number of rotatable bonds is 3. The Hall–Kier alpha value is -1.02. The van der Waals surface area contributed by atoms with Crippen molar-refractivity contribution in [1.82, 2.24) is 0 Å². The lowest BCUT2D eigenvalue weighted by Gasteiger charge is -2.40. The highest BCUT2D eigenvalue weighted by Gasteiger charge is 2.33. The van der Waals surface area contributed by atoms with Crippen molar-refractivity contribution in [3.05, 3.63) is 29.8 Å². The number of aliphatic hydroxyl groups is 1. The first-order valence-corrected chi connectivity index (χ1v) is 6.60. The quantitative estimate of drug-likeness (QED) is 0.839. The molecule has 1 aliphatic carbocycles. The van der Waals surface area contributed by atoms with Crippen LogP contribution in [0.5, 0.6) is 0 Å². The molecule has 2 N–H and O–H groups in total. The monoisotopic (exact) mass is 233 g/mol. The first kappa shape index (κ1) is 12.4. The van der Waals surface area contributed by atoms with Crippen molar-refractivity contribution in [3.8, 4) is 0 Å². The SMILES string of the molecule is Cc1ccccc1NC1(CO)CCC(C)CC1. The highest BCUT2D eigenvalue weighted by molar-refractivity contribution is 5.52. The van der Waals surface area contributed by atoms with Crippen LogP contribution >= 0.6 is 0 Å². The largest absolute Gasteiger partial charge is 0.394 e. The molecular weight excluding hydrogens is 210 g/mol. The van der Waals surface area contributed by atoms with Crippen molar-refractivity contribution in [2.75, 3.05) is 11.9 Å². The maximum absolute atomic E-state index is 9.72. The van der Waals surface area contributed by atoms with Gasteiger partial charge in [0.05, 0.1) is 12.1 Å². The smallest absolute Gasteiger partial charge is 0.0661 e. The molecule has 2 rings (SSSR count). The minimum Gasteiger partial charge on any atom is -0.394 e. The van der Waals surface area contributed by atoms with Gasteiger partial charge in [0, 0.05) is 5.69 Å². The molecule has 1 aliphatic rings. The number of para-hydroxylation sites is 1. The molecule has 0 aliphatic heterocycles. The number of hydrogen-bond acceptors (Lipinski definition) is 2. The molecule has 0 unspecified atom stereocenters. The van der Waals surface area contributed by atoms with E-state index < -0.39 is 0 Å². The van der Waals surface area contributed by atoms with E-state index in [0.29, 0.717) is 0 Å². The van der Waals surface area contributed by atoms with E-state index >= 15 is 0 Å². The summed E-state index contributed by atoms with van der Waals surface area (Å²) in [6, 6.07) is 8.31. The Labute approximate surface area is 104 Å². The second-order valence-electron chi connectivity index (χ2n) is 5.56. The van der Waals surface area contributed by atoms with E-state index in [-0.39, 0.29) is 12.1 Å². The van der Waals surface area contributed by atoms with Gasteiger partial charge < -0.3 is 10.4 Å².